The lowest BCUT2D eigenvalue weighted by Gasteiger charge is -2.32. The molecule has 2 aromatic rings. The van der Waals surface area contributed by atoms with Crippen LogP contribution in [0.15, 0.2) is 42.5 Å². The second-order valence-electron chi connectivity index (χ2n) is 8.04. The second-order valence-corrected chi connectivity index (χ2v) is 11.3. The summed E-state index contributed by atoms with van der Waals surface area (Å²) in [5.74, 6) is -0.906. The van der Waals surface area contributed by atoms with Crippen molar-refractivity contribution in [3.63, 3.8) is 0 Å². The van der Waals surface area contributed by atoms with Gasteiger partial charge in [0.25, 0.3) is 0 Å². The molecule has 2 atom stereocenters. The molecule has 1 N–H and O–H groups in total. The lowest BCUT2D eigenvalue weighted by molar-refractivity contribution is -0.139. The summed E-state index contributed by atoms with van der Waals surface area (Å²) in [6, 6.07) is 10.2. The van der Waals surface area contributed by atoms with Gasteiger partial charge in [-0.25, -0.2) is 8.42 Å². The van der Waals surface area contributed by atoms with Crippen LogP contribution in [-0.4, -0.2) is 50.0 Å². The van der Waals surface area contributed by atoms with Gasteiger partial charge in [-0.1, -0.05) is 53.9 Å². The number of amides is 2. The predicted molar refractivity (Wildman–Crippen MR) is 138 cm³/mol. The molecule has 0 fully saturated rings. The van der Waals surface area contributed by atoms with Crippen molar-refractivity contribution in [2.45, 2.75) is 45.8 Å². The lowest BCUT2D eigenvalue weighted by atomic mass is 10.1. The molecular weight excluding hydrogens is 521 g/mol. The Hall–Kier alpha value is -2.00. The van der Waals surface area contributed by atoms with Gasteiger partial charge in [0.15, 0.2) is 0 Å². The van der Waals surface area contributed by atoms with Crippen molar-refractivity contribution in [3.05, 3.63) is 63.1 Å². The molecule has 0 aromatic heterocycles. The van der Waals surface area contributed by atoms with Crippen LogP contribution in [-0.2, 0) is 26.2 Å². The van der Waals surface area contributed by atoms with Crippen LogP contribution in [0.3, 0.4) is 0 Å². The molecule has 2 amide bonds. The molecule has 0 radical (unpaired) electrons. The van der Waals surface area contributed by atoms with E-state index in [-0.39, 0.29) is 34.2 Å². The molecule has 2 rings (SSSR count). The van der Waals surface area contributed by atoms with E-state index < -0.39 is 28.5 Å². The fraction of sp³-hybridized carbons (Fsp3) is 0.391. The summed E-state index contributed by atoms with van der Waals surface area (Å²) < 4.78 is 26.1. The number of anilines is 1. The van der Waals surface area contributed by atoms with E-state index >= 15 is 0 Å². The average molecular weight is 549 g/mol. The molecule has 0 aliphatic rings. The first-order chi connectivity index (χ1) is 15.8. The van der Waals surface area contributed by atoms with Gasteiger partial charge in [-0.15, -0.1) is 0 Å². The van der Waals surface area contributed by atoms with Gasteiger partial charge in [-0.3, -0.25) is 13.9 Å². The normalized spacial score (nSPS) is 13.1. The van der Waals surface area contributed by atoms with Crippen molar-refractivity contribution in [3.8, 4) is 0 Å². The highest BCUT2D eigenvalue weighted by Crippen LogP contribution is 2.27. The summed E-state index contributed by atoms with van der Waals surface area (Å²) in [6.07, 6.45) is 1.71. The molecule has 7 nitrogen and oxygen atoms in total. The fourth-order valence-electron chi connectivity index (χ4n) is 3.13. The van der Waals surface area contributed by atoms with Crippen molar-refractivity contribution < 1.29 is 18.0 Å². The highest BCUT2D eigenvalue weighted by atomic mass is 35.5. The number of rotatable bonds is 10. The summed E-state index contributed by atoms with van der Waals surface area (Å²) in [6.45, 7) is 4.95. The van der Waals surface area contributed by atoms with Crippen LogP contribution < -0.4 is 9.62 Å². The third-order valence-electron chi connectivity index (χ3n) is 5.25. The van der Waals surface area contributed by atoms with Crippen molar-refractivity contribution >= 4 is 62.3 Å². The number of hydrogen-bond acceptors (Lipinski definition) is 4. The van der Waals surface area contributed by atoms with Gasteiger partial charge in [0.1, 0.15) is 12.6 Å². The third kappa shape index (κ3) is 8.05. The Labute approximate surface area is 216 Å². The van der Waals surface area contributed by atoms with Gasteiger partial charge in [-0.05, 0) is 56.2 Å². The van der Waals surface area contributed by atoms with E-state index in [0.717, 1.165) is 22.5 Å². The van der Waals surface area contributed by atoms with Crippen LogP contribution in [0.1, 0.15) is 32.8 Å². The average Bonchev–Trinajstić information content (AvgIpc) is 2.74. The van der Waals surface area contributed by atoms with E-state index in [1.807, 2.05) is 13.8 Å². The molecule has 0 aliphatic carbocycles. The Kier molecular flexibility index (Phi) is 10.1. The van der Waals surface area contributed by atoms with Crippen LogP contribution in [0, 0.1) is 0 Å². The number of nitrogens with zero attached hydrogens (tertiary/aromatic N) is 2. The number of nitrogens with one attached hydrogen (secondary N) is 1. The first-order valence-electron chi connectivity index (χ1n) is 10.6. The van der Waals surface area contributed by atoms with Crippen LogP contribution in [0.4, 0.5) is 5.69 Å². The van der Waals surface area contributed by atoms with E-state index in [0.29, 0.717) is 5.02 Å². The van der Waals surface area contributed by atoms with E-state index in [9.17, 15) is 18.0 Å². The topological polar surface area (TPSA) is 86.8 Å². The smallest absolute Gasteiger partial charge is 0.244 e. The maximum absolute atomic E-state index is 13.5. The van der Waals surface area contributed by atoms with Gasteiger partial charge < -0.3 is 10.2 Å². The molecule has 34 heavy (non-hydrogen) atoms. The van der Waals surface area contributed by atoms with Gasteiger partial charge in [0, 0.05) is 27.7 Å². The maximum atomic E-state index is 13.5. The Bertz CT molecular complexity index is 1110. The summed E-state index contributed by atoms with van der Waals surface area (Å²) >= 11 is 18.1. The van der Waals surface area contributed by atoms with Gasteiger partial charge in [-0.2, -0.15) is 0 Å². The molecule has 0 bridgehead atoms. The number of carbonyl (C=O) groups excluding carboxylic acids is 2. The molecule has 0 saturated heterocycles. The molecule has 0 heterocycles. The quantitative estimate of drug-likeness (QED) is 0.464. The Balaban J connectivity index is 2.41. The van der Waals surface area contributed by atoms with Gasteiger partial charge >= 0.3 is 0 Å². The largest absolute Gasteiger partial charge is 0.352 e. The van der Waals surface area contributed by atoms with Crippen molar-refractivity contribution in [1.82, 2.24) is 10.2 Å². The van der Waals surface area contributed by atoms with Crippen molar-refractivity contribution in [1.29, 1.82) is 0 Å². The molecule has 0 saturated carbocycles. The number of benzene rings is 2. The summed E-state index contributed by atoms with van der Waals surface area (Å²) in [4.78, 5) is 27.7. The Morgan fingerprint density at radius 2 is 1.53 bits per heavy atom. The van der Waals surface area contributed by atoms with Gasteiger partial charge in [0.2, 0.25) is 21.8 Å². The zero-order valence-corrected chi connectivity index (χ0v) is 22.5. The van der Waals surface area contributed by atoms with E-state index in [2.05, 4.69) is 5.32 Å². The minimum absolute atomic E-state index is 0.0800. The third-order valence-corrected chi connectivity index (χ3v) is 7.08. The maximum Gasteiger partial charge on any atom is 0.244 e. The Morgan fingerprint density at radius 1 is 0.971 bits per heavy atom. The molecule has 0 spiro atoms. The molecule has 2 unspecified atom stereocenters. The number of hydrogen-bond donors (Lipinski definition) is 1. The van der Waals surface area contributed by atoms with E-state index in [1.165, 1.54) is 23.1 Å². The summed E-state index contributed by atoms with van der Waals surface area (Å²) in [5, 5.41) is 3.85. The zero-order valence-electron chi connectivity index (χ0n) is 19.4. The number of halogens is 3. The van der Waals surface area contributed by atoms with Crippen LogP contribution >= 0.6 is 34.8 Å². The summed E-state index contributed by atoms with van der Waals surface area (Å²) in [7, 11) is -3.88. The first-order valence-corrected chi connectivity index (χ1v) is 13.6. The van der Waals surface area contributed by atoms with Crippen molar-refractivity contribution in [2.75, 3.05) is 17.1 Å². The van der Waals surface area contributed by atoms with E-state index in [4.69, 9.17) is 34.8 Å². The second kappa shape index (κ2) is 12.1. The minimum Gasteiger partial charge on any atom is -0.352 e. The SMILES string of the molecule is CCC(C)NC(=O)C(C)N(Cc1ccc(Cl)cc1)C(=O)CN(c1cc(Cl)cc(Cl)c1)S(C)(=O)=O. The fourth-order valence-corrected chi connectivity index (χ4v) is 4.61. The van der Waals surface area contributed by atoms with Crippen LogP contribution in [0.5, 0.6) is 0 Å². The predicted octanol–water partition coefficient (Wildman–Crippen LogP) is 4.74. The first kappa shape index (κ1) is 28.2. The molecule has 11 heteroatoms. The summed E-state index contributed by atoms with van der Waals surface area (Å²) in [5.41, 5.74) is 0.883. The van der Waals surface area contributed by atoms with E-state index in [1.54, 1.807) is 31.2 Å². The molecule has 2 aromatic carbocycles. The van der Waals surface area contributed by atoms with Crippen LogP contribution in [0.2, 0.25) is 15.1 Å². The highest BCUT2D eigenvalue weighted by Gasteiger charge is 2.30. The highest BCUT2D eigenvalue weighted by molar-refractivity contribution is 7.92. The number of sulfonamides is 1. The van der Waals surface area contributed by atoms with Gasteiger partial charge in [0.05, 0.1) is 11.9 Å². The Morgan fingerprint density at radius 3 is 2.03 bits per heavy atom. The van der Waals surface area contributed by atoms with Crippen molar-refractivity contribution in [2.24, 2.45) is 0 Å². The standard InChI is InChI=1S/C23H28Cl3N3O4S/c1-5-15(2)27-23(31)16(3)28(13-17-6-8-18(24)9-7-17)22(30)14-29(34(4,32)33)21-11-19(25)10-20(26)12-21/h6-12,15-16H,5,13-14H2,1-4H3,(H,27,31). The molecule has 186 valence electrons. The zero-order chi connectivity index (χ0) is 25.6. The van der Waals surface area contributed by atoms with Crippen LogP contribution in [0.25, 0.3) is 0 Å². The lowest BCUT2D eigenvalue weighted by Crippen LogP contribution is -2.52. The molecule has 0 aliphatic heterocycles. The molecular formula is C23H28Cl3N3O4S. The number of carbonyl (C=O) groups is 2. The monoisotopic (exact) mass is 547 g/mol. The minimum atomic E-state index is -3.88.